The zero-order valence-electron chi connectivity index (χ0n) is 49.0. The Morgan fingerprint density at radius 1 is 0.303 bits per heavy atom. The Kier molecular flexibility index (Phi) is 27.7. The van der Waals surface area contributed by atoms with Crippen molar-refractivity contribution < 1.29 is 174 Å². The lowest BCUT2D eigenvalue weighted by molar-refractivity contribution is -0.396. The van der Waals surface area contributed by atoms with Crippen LogP contribution in [0.15, 0.2) is 0 Å². The molecule has 1 unspecified atom stereocenters. The molecule has 89 heavy (non-hydrogen) atoms. The zero-order valence-corrected chi connectivity index (χ0v) is 51.4. The van der Waals surface area contributed by atoms with Gasteiger partial charge in [-0.2, -0.15) is 0 Å². The SMILES string of the molecule is CC1CCN(C)CC(C)(C)C1.I.OC[C@H]1O[C@@H]2O[C@H]3[C@H](O)[C@@H](O)[C@@H](O[C@H]4[C@H](O)[C@@H](O)[C@@H](O[C@H]5[C@H](O)[C@@H](O)[C@@H](O[C@H]6[C@H](O)[C@@H](O)[C@@H](O[C@H]7[C@H](O)[C@@H](O)[C@@H](O[C@H]8[C@H](O)[C@@H](O)[C@@H](O[C@H]1[C@H](O)[C@H]2O)O[C@@H]8CO)O[C@@H]7CO)O[C@@H]6CO)O[C@@H]5CO)O[C@@H]4CO)O[C@@H]3CO. The van der Waals surface area contributed by atoms with Crippen molar-refractivity contribution in [1.82, 2.24) is 4.90 Å². The van der Waals surface area contributed by atoms with Gasteiger partial charge in [0.05, 0.1) is 46.2 Å². The van der Waals surface area contributed by atoms with Crippen molar-refractivity contribution in [2.45, 2.75) is 249 Å². The van der Waals surface area contributed by atoms with E-state index >= 15 is 0 Å². The van der Waals surface area contributed by atoms with Gasteiger partial charge in [0.15, 0.2) is 44.0 Å². The number of halogens is 1. The summed E-state index contributed by atoms with van der Waals surface area (Å²) in [5, 5.41) is 230. The Bertz CT molecular complexity index is 1750. The summed E-state index contributed by atoms with van der Waals surface area (Å²) in [7, 11) is 2.24. The van der Waals surface area contributed by atoms with Gasteiger partial charge in [-0.3, -0.25) is 0 Å². The number of hydrogen-bond acceptors (Lipinski definition) is 36. The summed E-state index contributed by atoms with van der Waals surface area (Å²) in [6, 6.07) is 0. The molecule has 22 saturated heterocycles. The van der Waals surface area contributed by atoms with E-state index in [0.29, 0.717) is 5.41 Å². The molecule has 21 N–H and O–H groups in total. The van der Waals surface area contributed by atoms with E-state index < -0.39 is 261 Å². The van der Waals surface area contributed by atoms with Crippen LogP contribution in [0, 0.1) is 11.3 Å². The van der Waals surface area contributed by atoms with Gasteiger partial charge in [-0.05, 0) is 37.8 Å². The zero-order chi connectivity index (χ0) is 64.5. The van der Waals surface area contributed by atoms with Gasteiger partial charge in [0.25, 0.3) is 0 Å². The highest BCUT2D eigenvalue weighted by Gasteiger charge is 2.59. The van der Waals surface area contributed by atoms with Crippen LogP contribution in [0.25, 0.3) is 0 Å². The number of hydrogen-bond donors (Lipinski definition) is 21. The second-order valence-corrected chi connectivity index (χ2v) is 24.7. The quantitative estimate of drug-likeness (QED) is 0.105. The molecule has 22 aliphatic heterocycles. The molecule has 14 bridgehead atoms. The van der Waals surface area contributed by atoms with Crippen molar-refractivity contribution >= 4 is 24.0 Å². The van der Waals surface area contributed by atoms with Gasteiger partial charge in [0.2, 0.25) is 0 Å². The summed E-state index contributed by atoms with van der Waals surface area (Å²) in [4.78, 5) is 2.46. The number of nitrogens with zero attached hydrogens (tertiary/aromatic N) is 1. The van der Waals surface area contributed by atoms with Gasteiger partial charge in [0, 0.05) is 6.54 Å². The van der Waals surface area contributed by atoms with E-state index in [1.54, 1.807) is 0 Å². The van der Waals surface area contributed by atoms with Gasteiger partial charge in [0.1, 0.15) is 171 Å². The number of aliphatic hydroxyl groups is 21. The van der Waals surface area contributed by atoms with Crippen LogP contribution < -0.4 is 0 Å². The molecule has 0 aliphatic carbocycles. The highest BCUT2D eigenvalue weighted by atomic mass is 127. The van der Waals surface area contributed by atoms with Crippen LogP contribution in [0.2, 0.25) is 0 Å². The first-order chi connectivity index (χ1) is 41.6. The topological polar surface area (TPSA) is 557 Å². The smallest absolute Gasteiger partial charge is 0.187 e. The Hall–Kier alpha value is -0.710. The third-order valence-corrected chi connectivity index (χ3v) is 17.4. The Labute approximate surface area is 526 Å². The summed E-state index contributed by atoms with van der Waals surface area (Å²) in [5.41, 5.74) is 0.532. The maximum absolute atomic E-state index is 11.3. The Balaban J connectivity index is 0.000000848. The fourth-order valence-corrected chi connectivity index (χ4v) is 12.8. The van der Waals surface area contributed by atoms with E-state index in [1.807, 2.05) is 0 Å². The molecule has 0 aromatic heterocycles. The van der Waals surface area contributed by atoms with Crippen molar-refractivity contribution in [3.8, 4) is 0 Å². The molecule has 36 atom stereocenters. The van der Waals surface area contributed by atoms with E-state index in [1.165, 1.54) is 25.9 Å². The molecule has 0 aromatic rings. The lowest BCUT2D eigenvalue weighted by atomic mass is 9.83. The van der Waals surface area contributed by atoms with E-state index in [-0.39, 0.29) is 24.0 Å². The number of aliphatic hydroxyl groups excluding tert-OH is 21. The monoisotopic (exact) mass is 1420 g/mol. The predicted octanol–water partition coefficient (Wildman–Crippen LogP) is -12.2. The van der Waals surface area contributed by atoms with Gasteiger partial charge in [-0.15, -0.1) is 24.0 Å². The second-order valence-electron chi connectivity index (χ2n) is 24.7. The third kappa shape index (κ3) is 16.5. The molecule has 0 radical (unpaired) electrons. The highest BCUT2D eigenvalue weighted by molar-refractivity contribution is 14.0. The lowest BCUT2D eigenvalue weighted by Gasteiger charge is -2.50. The summed E-state index contributed by atoms with van der Waals surface area (Å²) in [5.74, 6) is 0.912. The Morgan fingerprint density at radius 3 is 0.629 bits per heavy atom. The largest absolute Gasteiger partial charge is 0.394 e. The molecular formula is C52H92INO35. The molecule has 522 valence electrons. The number of rotatable bonds is 7. The van der Waals surface area contributed by atoms with Crippen LogP contribution in [0.1, 0.15) is 33.6 Å². The number of likely N-dealkylation sites (tertiary alicyclic amines) is 1. The molecule has 36 nitrogen and oxygen atoms in total. The standard InChI is InChI=1S/C42H70O35.C10H21N.HI/c43-1-8-29-15(50)22(57)36(64-8)72-30-9(2-44)66-38(24(59)17(30)52)74-32-11(4-46)68-40(26(61)19(32)54)76-34-13(6-48)70-42(28(63)21(34)56)77-35-14(7-49)69-41(27(62)20(35)55)75-33-12(5-47)67-39(25(60)18(33)53)73-31-10(3-45)65-37(71-29)23(58)16(31)51;1-9-5-6-11(4)8-10(2,3)7-9;/h8-63H,1-7H2;9H,5-8H2,1-4H3;1H/t8-,9-,10-,11-,12-,13-,14-,15-,16-,17-,18-,19-,20-,21-,22-,23-,24-,25-,26-,27-,28-,29-,30-,31-,32-,33-,34-,35-,36-,37-,38-,39-,40-,41-,42-;;/m1../s1. The maximum Gasteiger partial charge on any atom is 0.187 e. The minimum Gasteiger partial charge on any atom is -0.394 e. The minimum absolute atomic E-state index is 0. The molecule has 37 heteroatoms. The molecular weight excluding hydrogens is 1330 g/mol. The summed E-state index contributed by atoms with van der Waals surface area (Å²) in [6.07, 6.45) is -67.5. The first-order valence-electron chi connectivity index (χ1n) is 29.3. The van der Waals surface area contributed by atoms with Crippen LogP contribution in [0.4, 0.5) is 0 Å². The average molecular weight is 1420 g/mol. The van der Waals surface area contributed by atoms with E-state index in [9.17, 15) is 107 Å². The van der Waals surface area contributed by atoms with Gasteiger partial charge < -0.3 is 178 Å². The van der Waals surface area contributed by atoms with Crippen molar-refractivity contribution in [2.75, 3.05) is 66.4 Å². The lowest BCUT2D eigenvalue weighted by Crippen LogP contribution is -2.68. The average Bonchev–Trinajstić information content (AvgIpc) is 1.14. The third-order valence-electron chi connectivity index (χ3n) is 17.4. The normalized spacial score (nSPS) is 52.0. The van der Waals surface area contributed by atoms with Crippen molar-refractivity contribution in [2.24, 2.45) is 11.3 Å². The van der Waals surface area contributed by atoms with Crippen LogP contribution in [-0.4, -0.2) is 393 Å². The molecule has 0 amide bonds. The first-order valence-corrected chi connectivity index (χ1v) is 29.3. The summed E-state index contributed by atoms with van der Waals surface area (Å²) >= 11 is 0. The van der Waals surface area contributed by atoms with Gasteiger partial charge >= 0.3 is 0 Å². The van der Waals surface area contributed by atoms with Crippen molar-refractivity contribution in [3.63, 3.8) is 0 Å². The molecule has 22 rings (SSSR count). The summed E-state index contributed by atoms with van der Waals surface area (Å²) < 4.78 is 79.5. The van der Waals surface area contributed by atoms with E-state index in [4.69, 9.17) is 66.3 Å². The van der Waals surface area contributed by atoms with Gasteiger partial charge in [-0.1, -0.05) is 20.8 Å². The van der Waals surface area contributed by atoms with Gasteiger partial charge in [-0.25, -0.2) is 0 Å². The van der Waals surface area contributed by atoms with E-state index in [0.717, 1.165) is 5.92 Å². The van der Waals surface area contributed by atoms with Crippen molar-refractivity contribution in [3.05, 3.63) is 0 Å². The van der Waals surface area contributed by atoms with Crippen LogP contribution >= 0.6 is 24.0 Å². The molecule has 0 spiro atoms. The fourth-order valence-electron chi connectivity index (χ4n) is 12.8. The fraction of sp³-hybridized carbons (Fsp3) is 1.00. The minimum atomic E-state index is -2.21. The van der Waals surface area contributed by atoms with Crippen LogP contribution in [0.3, 0.4) is 0 Å². The molecule has 22 aliphatic rings. The molecule has 22 heterocycles. The van der Waals surface area contributed by atoms with E-state index in [2.05, 4.69) is 32.7 Å². The Morgan fingerprint density at radius 2 is 0.472 bits per heavy atom. The van der Waals surface area contributed by atoms with Crippen LogP contribution in [-0.2, 0) is 66.3 Å². The maximum atomic E-state index is 11.3. The second kappa shape index (κ2) is 32.6. The molecule has 0 aromatic carbocycles. The summed E-state index contributed by atoms with van der Waals surface area (Å²) in [6.45, 7) is 2.35. The molecule has 0 saturated carbocycles. The first kappa shape index (κ1) is 75.7. The van der Waals surface area contributed by atoms with Crippen molar-refractivity contribution in [1.29, 1.82) is 0 Å². The molecule has 22 fully saturated rings. The predicted molar refractivity (Wildman–Crippen MR) is 294 cm³/mol. The number of ether oxygens (including phenoxy) is 14. The highest BCUT2D eigenvalue weighted by Crippen LogP contribution is 2.39. The van der Waals surface area contributed by atoms with Crippen LogP contribution in [0.5, 0.6) is 0 Å².